The van der Waals surface area contributed by atoms with Crippen molar-refractivity contribution in [2.45, 2.75) is 20.8 Å². The minimum Gasteiger partial charge on any atom is -0.496 e. The highest BCUT2D eigenvalue weighted by molar-refractivity contribution is 6.14. The summed E-state index contributed by atoms with van der Waals surface area (Å²) in [7, 11) is 1.63. The highest BCUT2D eigenvalue weighted by Crippen LogP contribution is 2.38. The molecule has 0 spiro atoms. The Kier molecular flexibility index (Phi) is 3.62. The molecule has 0 saturated heterocycles. The van der Waals surface area contributed by atoms with Gasteiger partial charge < -0.3 is 20.6 Å². The third-order valence-electron chi connectivity index (χ3n) is 5.10. The van der Waals surface area contributed by atoms with Crippen molar-refractivity contribution < 1.29 is 9.53 Å². The first-order valence-corrected chi connectivity index (χ1v) is 8.57. The Balaban J connectivity index is 2.28. The summed E-state index contributed by atoms with van der Waals surface area (Å²) >= 11 is 0. The Morgan fingerprint density at radius 1 is 1.22 bits per heavy atom. The monoisotopic (exact) mass is 363 g/mol. The number of aryl methyl sites for hydroxylation is 2. The molecule has 7 heteroatoms. The third-order valence-corrected chi connectivity index (χ3v) is 5.10. The number of amides is 1. The molecule has 4 N–H and O–H groups in total. The molecule has 0 fully saturated rings. The number of carbonyl (C=O) groups is 1. The van der Waals surface area contributed by atoms with Crippen molar-refractivity contribution in [2.75, 3.05) is 12.8 Å². The molecule has 1 amide bonds. The number of benzene rings is 1. The van der Waals surface area contributed by atoms with Crippen LogP contribution in [0.5, 0.6) is 5.75 Å². The number of imidazole rings is 1. The SMILES string of the molecule is COc1ccc(C)c(-n2c(N)c(C(N)=O)c3cc(C)n4ccnc4c32)c1C. The number of carbonyl (C=O) groups excluding carboxylic acids is 1. The van der Waals surface area contributed by atoms with Gasteiger partial charge in [0.05, 0.1) is 23.9 Å². The van der Waals surface area contributed by atoms with Gasteiger partial charge in [0.2, 0.25) is 0 Å². The number of hydrogen-bond acceptors (Lipinski definition) is 4. The van der Waals surface area contributed by atoms with Gasteiger partial charge in [-0.2, -0.15) is 0 Å². The Morgan fingerprint density at radius 3 is 2.63 bits per heavy atom. The van der Waals surface area contributed by atoms with Crippen LogP contribution in [0, 0.1) is 20.8 Å². The predicted molar refractivity (Wildman–Crippen MR) is 106 cm³/mol. The molecule has 138 valence electrons. The molecule has 0 aliphatic heterocycles. The highest BCUT2D eigenvalue weighted by atomic mass is 16.5. The number of nitrogens with two attached hydrogens (primary N) is 2. The van der Waals surface area contributed by atoms with Gasteiger partial charge in [-0.05, 0) is 38.5 Å². The number of nitrogen functional groups attached to an aromatic ring is 1. The summed E-state index contributed by atoms with van der Waals surface area (Å²) < 4.78 is 9.32. The molecule has 27 heavy (non-hydrogen) atoms. The van der Waals surface area contributed by atoms with Crippen LogP contribution in [0.25, 0.3) is 22.2 Å². The molecule has 0 atom stereocenters. The number of pyridine rings is 1. The number of ether oxygens (including phenoxy) is 1. The van der Waals surface area contributed by atoms with Gasteiger partial charge in [-0.15, -0.1) is 0 Å². The Hall–Kier alpha value is -3.48. The van der Waals surface area contributed by atoms with Crippen LogP contribution in [0.4, 0.5) is 5.82 Å². The lowest BCUT2D eigenvalue weighted by Gasteiger charge is -2.17. The van der Waals surface area contributed by atoms with E-state index in [2.05, 4.69) is 4.98 Å². The molecule has 3 aromatic heterocycles. The van der Waals surface area contributed by atoms with Crippen LogP contribution in [0.3, 0.4) is 0 Å². The summed E-state index contributed by atoms with van der Waals surface area (Å²) in [6, 6.07) is 5.80. The topological polar surface area (TPSA) is 101 Å². The van der Waals surface area contributed by atoms with Crippen LogP contribution in [-0.4, -0.2) is 27.0 Å². The quantitative estimate of drug-likeness (QED) is 0.584. The van der Waals surface area contributed by atoms with Gasteiger partial charge in [-0.25, -0.2) is 4.98 Å². The highest BCUT2D eigenvalue weighted by Gasteiger charge is 2.25. The first kappa shape index (κ1) is 17.0. The van der Waals surface area contributed by atoms with E-state index in [1.165, 1.54) is 0 Å². The molecular formula is C20H21N5O2. The zero-order chi connectivity index (χ0) is 19.5. The molecule has 0 unspecified atom stereocenters. The van der Waals surface area contributed by atoms with Crippen molar-refractivity contribution >= 4 is 28.3 Å². The predicted octanol–water partition coefficient (Wildman–Crippen LogP) is 2.89. The maximum absolute atomic E-state index is 12.2. The van der Waals surface area contributed by atoms with Crippen molar-refractivity contribution in [1.82, 2.24) is 14.0 Å². The van der Waals surface area contributed by atoms with Gasteiger partial charge >= 0.3 is 0 Å². The molecule has 0 aliphatic rings. The minimum absolute atomic E-state index is 0.299. The Bertz CT molecular complexity index is 1230. The van der Waals surface area contributed by atoms with Gasteiger partial charge in [0.25, 0.3) is 5.91 Å². The van der Waals surface area contributed by atoms with E-state index >= 15 is 0 Å². The lowest BCUT2D eigenvalue weighted by Crippen LogP contribution is -2.14. The molecular weight excluding hydrogens is 342 g/mol. The maximum atomic E-state index is 12.2. The number of primary amides is 1. The van der Waals surface area contributed by atoms with Gasteiger partial charge in [-0.3, -0.25) is 9.36 Å². The summed E-state index contributed by atoms with van der Waals surface area (Å²) in [6.07, 6.45) is 3.61. The van der Waals surface area contributed by atoms with Crippen molar-refractivity contribution in [1.29, 1.82) is 0 Å². The van der Waals surface area contributed by atoms with Crippen LogP contribution in [0.15, 0.2) is 30.6 Å². The van der Waals surface area contributed by atoms with Crippen LogP contribution >= 0.6 is 0 Å². The average Bonchev–Trinajstić information content (AvgIpc) is 3.19. The van der Waals surface area contributed by atoms with E-state index in [4.69, 9.17) is 16.2 Å². The van der Waals surface area contributed by atoms with Crippen molar-refractivity contribution in [2.24, 2.45) is 5.73 Å². The van der Waals surface area contributed by atoms with E-state index in [1.54, 1.807) is 13.3 Å². The van der Waals surface area contributed by atoms with Gasteiger partial charge in [-0.1, -0.05) is 6.07 Å². The molecule has 0 aliphatic carbocycles. The van der Waals surface area contributed by atoms with Crippen LogP contribution in [-0.2, 0) is 0 Å². The lowest BCUT2D eigenvalue weighted by molar-refractivity contribution is 0.100. The number of fused-ring (bicyclic) bond motifs is 3. The first-order chi connectivity index (χ1) is 12.9. The summed E-state index contributed by atoms with van der Waals surface area (Å²) in [5.74, 6) is 0.473. The molecule has 4 rings (SSSR count). The lowest BCUT2D eigenvalue weighted by atomic mass is 10.1. The number of nitrogens with zero attached hydrogens (tertiary/aromatic N) is 3. The molecule has 1 aromatic carbocycles. The fourth-order valence-electron chi connectivity index (χ4n) is 3.89. The molecule has 4 aromatic rings. The van der Waals surface area contributed by atoms with Crippen LogP contribution in [0.1, 0.15) is 27.2 Å². The van der Waals surface area contributed by atoms with E-state index < -0.39 is 5.91 Å². The number of rotatable bonds is 3. The molecule has 0 saturated carbocycles. The van der Waals surface area contributed by atoms with Crippen molar-refractivity contribution in [3.05, 3.63) is 53.0 Å². The van der Waals surface area contributed by atoms with Gasteiger partial charge in [0, 0.05) is 29.0 Å². The number of methoxy groups -OCH3 is 1. The maximum Gasteiger partial charge on any atom is 0.253 e. The Morgan fingerprint density at radius 2 is 1.96 bits per heavy atom. The Labute approximate surface area is 156 Å². The van der Waals surface area contributed by atoms with Crippen LogP contribution in [0.2, 0.25) is 0 Å². The van der Waals surface area contributed by atoms with Crippen LogP contribution < -0.4 is 16.2 Å². The first-order valence-electron chi connectivity index (χ1n) is 8.57. The fraction of sp³-hybridized carbons (Fsp3) is 0.200. The van der Waals surface area contributed by atoms with Gasteiger partial charge in [0.1, 0.15) is 11.6 Å². The second-order valence-electron chi connectivity index (χ2n) is 6.69. The summed E-state index contributed by atoms with van der Waals surface area (Å²) in [5, 5.41) is 0.692. The molecule has 3 heterocycles. The second kappa shape index (κ2) is 5.77. The normalized spacial score (nSPS) is 11.4. The van der Waals surface area contributed by atoms with E-state index in [1.807, 2.05) is 54.1 Å². The molecule has 7 nitrogen and oxygen atoms in total. The van der Waals surface area contributed by atoms with E-state index in [9.17, 15) is 4.79 Å². The fourth-order valence-corrected chi connectivity index (χ4v) is 3.89. The number of hydrogen-bond donors (Lipinski definition) is 2. The summed E-state index contributed by atoms with van der Waals surface area (Å²) in [5.41, 5.74) is 17.6. The largest absolute Gasteiger partial charge is 0.496 e. The third kappa shape index (κ3) is 2.21. The summed E-state index contributed by atoms with van der Waals surface area (Å²) in [6.45, 7) is 5.91. The molecule has 0 bridgehead atoms. The minimum atomic E-state index is -0.565. The standard InChI is InChI=1S/C20H21N5O2/c1-10-5-6-14(27-4)12(3)16(10)25-17-13(15(18(25)21)19(22)26)9-11(2)24-8-7-23-20(17)24/h5-9H,21H2,1-4H3,(H2,22,26). The zero-order valence-electron chi connectivity index (χ0n) is 15.7. The average molecular weight is 363 g/mol. The second-order valence-corrected chi connectivity index (χ2v) is 6.69. The number of aromatic nitrogens is 3. The smallest absolute Gasteiger partial charge is 0.253 e. The van der Waals surface area contributed by atoms with Crippen molar-refractivity contribution in [3.63, 3.8) is 0 Å². The van der Waals surface area contributed by atoms with E-state index in [0.29, 0.717) is 22.4 Å². The number of anilines is 1. The van der Waals surface area contributed by atoms with Crippen molar-refractivity contribution in [3.8, 4) is 11.4 Å². The van der Waals surface area contributed by atoms with E-state index in [-0.39, 0.29) is 0 Å². The summed E-state index contributed by atoms with van der Waals surface area (Å²) in [4.78, 5) is 16.7. The van der Waals surface area contributed by atoms with E-state index in [0.717, 1.165) is 33.8 Å². The zero-order valence-corrected chi connectivity index (χ0v) is 15.7. The molecule has 0 radical (unpaired) electrons. The van der Waals surface area contributed by atoms with Gasteiger partial charge in [0.15, 0.2) is 5.65 Å².